The third-order valence-corrected chi connectivity index (χ3v) is 4.20. The number of nitro benzene ring substituents is 1. The Balaban J connectivity index is 1.76. The van der Waals surface area contributed by atoms with E-state index in [0.29, 0.717) is 5.82 Å². The van der Waals surface area contributed by atoms with Crippen molar-refractivity contribution in [3.05, 3.63) is 57.2 Å². The number of amides is 1. The molecule has 2 heterocycles. The molecular formula is C16H16ClN5O3. The lowest BCUT2D eigenvalue weighted by molar-refractivity contribution is -0.385. The molecule has 0 saturated carbocycles. The van der Waals surface area contributed by atoms with Crippen LogP contribution in [0.15, 0.2) is 36.5 Å². The minimum atomic E-state index is -0.667. The molecule has 1 aliphatic heterocycles. The summed E-state index contributed by atoms with van der Waals surface area (Å²) >= 11 is 5.96. The molecule has 8 nitrogen and oxygen atoms in total. The van der Waals surface area contributed by atoms with E-state index in [4.69, 9.17) is 11.6 Å². The highest BCUT2D eigenvalue weighted by Gasteiger charge is 2.23. The number of carbonyl (C=O) groups is 1. The third-order valence-electron chi connectivity index (χ3n) is 3.89. The lowest BCUT2D eigenvalue weighted by Crippen LogP contribution is -2.43. The van der Waals surface area contributed by atoms with E-state index in [9.17, 15) is 14.9 Å². The number of nitro groups is 1. The van der Waals surface area contributed by atoms with Gasteiger partial charge in [-0.05, 0) is 18.2 Å². The maximum Gasteiger partial charge on any atom is 0.283 e. The first-order valence-electron chi connectivity index (χ1n) is 7.72. The van der Waals surface area contributed by atoms with Crippen LogP contribution in [-0.4, -0.2) is 42.0 Å². The van der Waals surface area contributed by atoms with Gasteiger partial charge in [-0.3, -0.25) is 14.9 Å². The zero-order valence-corrected chi connectivity index (χ0v) is 14.0. The van der Waals surface area contributed by atoms with Crippen LogP contribution in [0, 0.1) is 10.1 Å². The summed E-state index contributed by atoms with van der Waals surface area (Å²) in [6.45, 7) is 3.60. The molecule has 2 N–H and O–H groups in total. The minimum Gasteiger partial charge on any atom is -0.368 e. The molecule has 0 unspecified atom stereocenters. The molecule has 0 aliphatic carbocycles. The van der Waals surface area contributed by atoms with E-state index in [1.165, 1.54) is 18.2 Å². The van der Waals surface area contributed by atoms with Crippen molar-refractivity contribution in [2.75, 3.05) is 36.4 Å². The Morgan fingerprint density at radius 3 is 2.68 bits per heavy atom. The van der Waals surface area contributed by atoms with Gasteiger partial charge in [0.1, 0.15) is 11.4 Å². The number of pyridine rings is 1. The van der Waals surface area contributed by atoms with Gasteiger partial charge in [0, 0.05) is 32.2 Å². The topological polar surface area (TPSA) is 100 Å². The van der Waals surface area contributed by atoms with Crippen molar-refractivity contribution < 1.29 is 9.72 Å². The molecule has 1 aromatic heterocycles. The Kier molecular flexibility index (Phi) is 5.11. The lowest BCUT2D eigenvalue weighted by atomic mass is 10.1. The van der Waals surface area contributed by atoms with E-state index in [-0.39, 0.29) is 16.3 Å². The van der Waals surface area contributed by atoms with Gasteiger partial charge < -0.3 is 15.5 Å². The normalized spacial score (nSPS) is 14.2. The number of hydrogen-bond acceptors (Lipinski definition) is 6. The first kappa shape index (κ1) is 17.1. The second-order valence-corrected chi connectivity index (χ2v) is 5.89. The Labute approximate surface area is 149 Å². The SMILES string of the molecule is O=C(Nc1ccc(N2CCNCC2)cn1)c1c(Cl)cccc1[N+](=O)[O-]. The number of hydrogen-bond donors (Lipinski definition) is 2. The number of carbonyl (C=O) groups excluding carboxylic acids is 1. The Morgan fingerprint density at radius 1 is 1.28 bits per heavy atom. The van der Waals surface area contributed by atoms with Crippen molar-refractivity contribution >= 4 is 34.7 Å². The van der Waals surface area contributed by atoms with Gasteiger partial charge in [-0.15, -0.1) is 0 Å². The number of benzene rings is 1. The molecule has 1 saturated heterocycles. The quantitative estimate of drug-likeness (QED) is 0.640. The number of anilines is 2. The van der Waals surface area contributed by atoms with Gasteiger partial charge in [0.2, 0.25) is 0 Å². The monoisotopic (exact) mass is 361 g/mol. The van der Waals surface area contributed by atoms with E-state index in [0.717, 1.165) is 31.9 Å². The average molecular weight is 362 g/mol. The Bertz CT molecular complexity index is 791. The highest BCUT2D eigenvalue weighted by Crippen LogP contribution is 2.27. The number of rotatable bonds is 4. The van der Waals surface area contributed by atoms with Crippen LogP contribution in [-0.2, 0) is 0 Å². The molecule has 1 fully saturated rings. The molecule has 25 heavy (non-hydrogen) atoms. The first-order valence-corrected chi connectivity index (χ1v) is 8.10. The van der Waals surface area contributed by atoms with E-state index in [1.807, 2.05) is 6.07 Å². The van der Waals surface area contributed by atoms with Gasteiger partial charge in [-0.25, -0.2) is 4.98 Å². The molecule has 1 amide bonds. The predicted molar refractivity (Wildman–Crippen MR) is 95.4 cm³/mol. The van der Waals surface area contributed by atoms with Crippen molar-refractivity contribution in [1.29, 1.82) is 0 Å². The predicted octanol–water partition coefficient (Wildman–Crippen LogP) is 2.31. The van der Waals surface area contributed by atoms with E-state index in [2.05, 4.69) is 20.5 Å². The highest BCUT2D eigenvalue weighted by molar-refractivity contribution is 6.35. The van der Waals surface area contributed by atoms with Gasteiger partial charge in [0.05, 0.1) is 21.8 Å². The van der Waals surface area contributed by atoms with Crippen molar-refractivity contribution in [1.82, 2.24) is 10.3 Å². The molecule has 0 spiro atoms. The standard InChI is InChI=1S/C16H16ClN5O3/c17-12-2-1-3-13(22(24)25)15(12)16(23)20-14-5-4-11(10-19-14)21-8-6-18-7-9-21/h1-5,10,18H,6-9H2,(H,19,20,23). The molecule has 130 valence electrons. The van der Waals surface area contributed by atoms with E-state index >= 15 is 0 Å². The molecular weight excluding hydrogens is 346 g/mol. The maximum absolute atomic E-state index is 12.4. The molecule has 3 rings (SSSR count). The summed E-state index contributed by atoms with van der Waals surface area (Å²) in [5.41, 5.74) is 0.438. The Morgan fingerprint density at radius 2 is 2.04 bits per heavy atom. The fourth-order valence-corrected chi connectivity index (χ4v) is 2.89. The lowest BCUT2D eigenvalue weighted by Gasteiger charge is -2.29. The van der Waals surface area contributed by atoms with Crippen LogP contribution in [0.5, 0.6) is 0 Å². The summed E-state index contributed by atoms with van der Waals surface area (Å²) in [6, 6.07) is 7.62. The highest BCUT2D eigenvalue weighted by atomic mass is 35.5. The summed E-state index contributed by atoms with van der Waals surface area (Å²) in [6.07, 6.45) is 1.67. The van der Waals surface area contributed by atoms with Crippen LogP contribution in [0.2, 0.25) is 5.02 Å². The van der Waals surface area contributed by atoms with Gasteiger partial charge in [-0.2, -0.15) is 0 Å². The van der Waals surface area contributed by atoms with Crippen molar-refractivity contribution in [2.45, 2.75) is 0 Å². The molecule has 0 radical (unpaired) electrons. The zero-order valence-electron chi connectivity index (χ0n) is 13.2. The van der Waals surface area contributed by atoms with Gasteiger partial charge in [-0.1, -0.05) is 17.7 Å². The summed E-state index contributed by atoms with van der Waals surface area (Å²) < 4.78 is 0. The number of halogens is 1. The zero-order chi connectivity index (χ0) is 17.8. The summed E-state index contributed by atoms with van der Waals surface area (Å²) in [7, 11) is 0. The fraction of sp³-hybridized carbons (Fsp3) is 0.250. The van der Waals surface area contributed by atoms with Gasteiger partial charge >= 0.3 is 0 Å². The number of piperazine rings is 1. The van der Waals surface area contributed by atoms with Crippen LogP contribution in [0.25, 0.3) is 0 Å². The molecule has 2 aromatic rings. The first-order chi connectivity index (χ1) is 12.1. The molecule has 9 heteroatoms. The molecule has 1 aliphatic rings. The minimum absolute atomic E-state index is 0.0177. The summed E-state index contributed by atoms with van der Waals surface area (Å²) in [5, 5.41) is 16.9. The largest absolute Gasteiger partial charge is 0.368 e. The van der Waals surface area contributed by atoms with Crippen LogP contribution >= 0.6 is 11.6 Å². The van der Waals surface area contributed by atoms with Gasteiger partial charge in [0.15, 0.2) is 0 Å². The number of nitrogens with zero attached hydrogens (tertiary/aromatic N) is 3. The van der Waals surface area contributed by atoms with E-state index < -0.39 is 10.8 Å². The number of aromatic nitrogens is 1. The third kappa shape index (κ3) is 3.86. The van der Waals surface area contributed by atoms with Crippen molar-refractivity contribution in [3.63, 3.8) is 0 Å². The smallest absolute Gasteiger partial charge is 0.283 e. The van der Waals surface area contributed by atoms with E-state index in [1.54, 1.807) is 12.3 Å². The second-order valence-electron chi connectivity index (χ2n) is 5.48. The fourth-order valence-electron chi connectivity index (χ4n) is 2.64. The van der Waals surface area contributed by atoms with Crippen LogP contribution in [0.1, 0.15) is 10.4 Å². The van der Waals surface area contributed by atoms with Crippen LogP contribution in [0.4, 0.5) is 17.2 Å². The molecule has 0 atom stereocenters. The van der Waals surface area contributed by atoms with Crippen molar-refractivity contribution in [2.24, 2.45) is 0 Å². The molecule has 0 bridgehead atoms. The van der Waals surface area contributed by atoms with Crippen molar-refractivity contribution in [3.8, 4) is 0 Å². The second kappa shape index (κ2) is 7.45. The summed E-state index contributed by atoms with van der Waals surface area (Å²) in [4.78, 5) is 29.2. The van der Waals surface area contributed by atoms with Crippen LogP contribution in [0.3, 0.4) is 0 Å². The Hall–Kier alpha value is -2.71. The van der Waals surface area contributed by atoms with Gasteiger partial charge in [0.25, 0.3) is 11.6 Å². The molecule has 1 aromatic carbocycles. The average Bonchev–Trinajstić information content (AvgIpc) is 2.62. The summed E-state index contributed by atoms with van der Waals surface area (Å²) in [5.74, 6) is -0.363. The number of nitrogens with one attached hydrogen (secondary N) is 2. The van der Waals surface area contributed by atoms with Crippen LogP contribution < -0.4 is 15.5 Å². The maximum atomic E-state index is 12.4.